The summed E-state index contributed by atoms with van der Waals surface area (Å²) in [7, 11) is 3.01. The molecule has 0 amide bonds. The van der Waals surface area contributed by atoms with Crippen LogP contribution >= 0.6 is 0 Å². The van der Waals surface area contributed by atoms with Crippen molar-refractivity contribution in [2.75, 3.05) is 34.0 Å². The molecule has 10 aromatic carbocycles. The Morgan fingerprint density at radius 2 is 0.824 bits per heavy atom. The molecule has 0 unspecified atom stereocenters. The van der Waals surface area contributed by atoms with Crippen molar-refractivity contribution < 1.29 is 67.8 Å². The second kappa shape index (κ2) is 34.2. The molecule has 0 saturated carbocycles. The van der Waals surface area contributed by atoms with E-state index in [1.807, 2.05) is 97.9 Å². The molecule has 0 aliphatic heterocycles. The van der Waals surface area contributed by atoms with Gasteiger partial charge < -0.3 is 39.0 Å². The Morgan fingerprint density at radius 1 is 0.388 bits per heavy atom. The van der Waals surface area contributed by atoms with Gasteiger partial charge in [-0.3, -0.25) is 28.8 Å². The van der Waals surface area contributed by atoms with Crippen molar-refractivity contribution in [1.29, 1.82) is 0 Å². The van der Waals surface area contributed by atoms with Crippen molar-refractivity contribution in [3.8, 4) is 46.0 Å². The van der Waals surface area contributed by atoms with E-state index in [9.17, 15) is 44.1 Å². The summed E-state index contributed by atoms with van der Waals surface area (Å²) in [6.07, 6.45) is 6.27. The van der Waals surface area contributed by atoms with E-state index in [1.54, 1.807) is 79.9 Å². The fourth-order valence-corrected chi connectivity index (χ4v) is 8.21. The Bertz CT molecular complexity index is 3870. The normalized spacial score (nSPS) is 10.1. The van der Waals surface area contributed by atoms with Gasteiger partial charge in [-0.05, 0) is 162 Å². The number of benzene rings is 10. The van der Waals surface area contributed by atoms with Crippen LogP contribution in [0.15, 0.2) is 182 Å². The highest BCUT2D eigenvalue weighted by Gasteiger charge is 2.10. The largest absolute Gasteiger partial charge is 0.508 e. The van der Waals surface area contributed by atoms with Gasteiger partial charge in [0.25, 0.3) is 0 Å². The van der Waals surface area contributed by atoms with Crippen molar-refractivity contribution in [3.05, 3.63) is 215 Å². The van der Waals surface area contributed by atoms with Crippen molar-refractivity contribution in [1.82, 2.24) is 0 Å². The molecule has 10 aromatic rings. The van der Waals surface area contributed by atoms with Crippen molar-refractivity contribution in [2.45, 2.75) is 53.9 Å². The van der Waals surface area contributed by atoms with Crippen LogP contribution in [0.5, 0.6) is 46.0 Å². The van der Waals surface area contributed by atoms with Gasteiger partial charge in [0.05, 0.1) is 34.0 Å². The van der Waals surface area contributed by atoms with E-state index in [2.05, 4.69) is 13.8 Å². The lowest BCUT2D eigenvalue weighted by atomic mass is 10.0. The third kappa shape index (κ3) is 19.4. The van der Waals surface area contributed by atoms with Crippen LogP contribution in [0.3, 0.4) is 0 Å². The first-order valence-corrected chi connectivity index (χ1v) is 27.4. The van der Waals surface area contributed by atoms with E-state index in [0.717, 1.165) is 100 Å². The zero-order chi connectivity index (χ0) is 61.7. The van der Waals surface area contributed by atoms with E-state index in [-0.39, 0.29) is 28.8 Å². The number of aromatic hydroxyl groups is 3. The van der Waals surface area contributed by atoms with Crippen LogP contribution in [0.4, 0.5) is 0 Å². The van der Waals surface area contributed by atoms with E-state index in [1.165, 1.54) is 39.2 Å². The predicted molar refractivity (Wildman–Crippen MR) is 336 cm³/mol. The minimum Gasteiger partial charge on any atom is -0.508 e. The standard InChI is InChI=1S/2C14H14O2.C12H16O3.2C11H8O2.C9H10O3/c1-2-7-16-14-6-5-12-8-11(10-15)3-4-13(12)9-14;1-2-9-16-14-8-7-11(10-15)12-5-3-4-6-13(12)14;1-4-7-15-11-6-5-10(9(2)13)8-12(11)14-3;12-7-8-1-2-10-6-11(13)4-3-9(10)5-8;12-7-8-5-6-11(13)10-4-2-1-3-9(8)10;1-6(10)7-3-4-8(11)9(5-7)12-2/h3-6,8-10H,2,7H2,1H3;3-8,10H,2,9H2,1H3;5-6,8H,4,7H2,1-3H3;2*1-7,13H;3-5,11H,1-2H3. The number of Topliss-reactive ketones (excluding diaryl/α,β-unsaturated/α-hetero) is 2. The lowest BCUT2D eigenvalue weighted by Gasteiger charge is -2.10. The molecule has 0 radical (unpaired) electrons. The maximum absolute atomic E-state index is 11.1. The molecule has 0 fully saturated rings. The Morgan fingerprint density at radius 3 is 1.36 bits per heavy atom. The number of ether oxygens (including phenoxy) is 5. The quantitative estimate of drug-likeness (QED) is 0.0572. The zero-order valence-electron chi connectivity index (χ0n) is 48.7. The molecule has 0 aliphatic rings. The number of rotatable bonds is 17. The van der Waals surface area contributed by atoms with Crippen LogP contribution < -0.4 is 23.7 Å². The number of phenols is 3. The molecular formula is C71H70O14. The summed E-state index contributed by atoms with van der Waals surface area (Å²) >= 11 is 0. The Kier molecular flexibility index (Phi) is 26.3. The first kappa shape index (κ1) is 65.5. The lowest BCUT2D eigenvalue weighted by Crippen LogP contribution is -1.99. The number of hydrogen-bond donors (Lipinski definition) is 3. The smallest absolute Gasteiger partial charge is 0.161 e. The maximum atomic E-state index is 11.1. The molecule has 0 bridgehead atoms. The molecule has 3 N–H and O–H groups in total. The van der Waals surface area contributed by atoms with Crippen LogP contribution in [-0.4, -0.2) is 86.1 Å². The van der Waals surface area contributed by atoms with Crippen LogP contribution in [0, 0.1) is 0 Å². The second-order valence-corrected chi connectivity index (χ2v) is 18.9. The molecule has 85 heavy (non-hydrogen) atoms. The number of aldehydes is 4. The van der Waals surface area contributed by atoms with Gasteiger partial charge in [0, 0.05) is 44.2 Å². The number of hydrogen-bond acceptors (Lipinski definition) is 14. The van der Waals surface area contributed by atoms with E-state index in [0.29, 0.717) is 69.2 Å². The summed E-state index contributed by atoms with van der Waals surface area (Å²) in [5.41, 5.74) is 3.83. The number of phenolic OH excluding ortho intramolecular Hbond substituents is 3. The first-order valence-electron chi connectivity index (χ1n) is 27.4. The molecule has 0 heterocycles. The van der Waals surface area contributed by atoms with Gasteiger partial charge in [-0.25, -0.2) is 0 Å². The number of carbonyl (C=O) groups excluding carboxylic acids is 6. The maximum Gasteiger partial charge on any atom is 0.161 e. The molecule has 0 aromatic heterocycles. The fraction of sp³-hybridized carbons (Fsp3) is 0.183. The van der Waals surface area contributed by atoms with Crippen LogP contribution in [-0.2, 0) is 0 Å². The minimum atomic E-state index is -0.0479. The van der Waals surface area contributed by atoms with Gasteiger partial charge in [0.2, 0.25) is 0 Å². The van der Waals surface area contributed by atoms with Crippen LogP contribution in [0.25, 0.3) is 43.1 Å². The third-order valence-corrected chi connectivity index (χ3v) is 12.6. The van der Waals surface area contributed by atoms with E-state index < -0.39 is 0 Å². The average Bonchev–Trinajstić information content (AvgIpc) is 3.62. The van der Waals surface area contributed by atoms with E-state index in [4.69, 9.17) is 23.7 Å². The Hall–Kier alpha value is -10.3. The molecule has 14 heteroatoms. The molecule has 0 spiro atoms. The van der Waals surface area contributed by atoms with Gasteiger partial charge >= 0.3 is 0 Å². The van der Waals surface area contributed by atoms with Gasteiger partial charge in [0.15, 0.2) is 47.1 Å². The monoisotopic (exact) mass is 1150 g/mol. The van der Waals surface area contributed by atoms with E-state index >= 15 is 0 Å². The topological polar surface area (TPSA) is 209 Å². The van der Waals surface area contributed by atoms with Crippen molar-refractivity contribution >= 4 is 79.8 Å². The highest BCUT2D eigenvalue weighted by atomic mass is 16.5. The summed E-state index contributed by atoms with van der Waals surface area (Å²) in [5.74, 6) is 3.82. The van der Waals surface area contributed by atoms with Gasteiger partial charge in [-0.15, -0.1) is 0 Å². The predicted octanol–water partition coefficient (Wildman–Crippen LogP) is 15.9. The number of ketones is 2. The minimum absolute atomic E-state index is 0.0235. The van der Waals surface area contributed by atoms with Gasteiger partial charge in [-0.1, -0.05) is 106 Å². The highest BCUT2D eigenvalue weighted by molar-refractivity contribution is 6.02. The second-order valence-electron chi connectivity index (χ2n) is 18.9. The SMILES string of the molecule is CCCOc1ccc(C(C)=O)cc1OC.CCCOc1ccc(C=O)c2ccccc12.CCCOc1ccc2cc(C=O)ccc2c1.COc1cc(C(C)=O)ccc1O.O=Cc1ccc(O)c2ccccc12.O=Cc1ccc2cc(O)ccc2c1. The van der Waals surface area contributed by atoms with Crippen molar-refractivity contribution in [2.24, 2.45) is 0 Å². The Balaban J connectivity index is 0.000000187. The summed E-state index contributed by atoms with van der Waals surface area (Å²) in [6.45, 7) is 11.3. The summed E-state index contributed by atoms with van der Waals surface area (Å²) in [4.78, 5) is 64.7. The molecule has 438 valence electrons. The summed E-state index contributed by atoms with van der Waals surface area (Å²) in [5, 5.41) is 35.4. The Labute approximate surface area is 494 Å². The van der Waals surface area contributed by atoms with Crippen molar-refractivity contribution in [3.63, 3.8) is 0 Å². The molecule has 0 atom stereocenters. The molecule has 10 rings (SSSR count). The summed E-state index contributed by atoms with van der Waals surface area (Å²) in [6, 6.07) is 53.6. The average molecular weight is 1150 g/mol. The van der Waals surface area contributed by atoms with Gasteiger partial charge in [0.1, 0.15) is 35.6 Å². The van der Waals surface area contributed by atoms with Gasteiger partial charge in [-0.2, -0.15) is 0 Å². The first-order chi connectivity index (χ1) is 41.1. The molecular weight excluding hydrogens is 1080 g/mol. The number of methoxy groups -OCH3 is 2. The fourth-order valence-electron chi connectivity index (χ4n) is 8.21. The lowest BCUT2D eigenvalue weighted by molar-refractivity contribution is 0.100. The highest BCUT2D eigenvalue weighted by Crippen LogP contribution is 2.31. The molecule has 0 saturated heterocycles. The summed E-state index contributed by atoms with van der Waals surface area (Å²) < 4.78 is 26.7. The number of carbonyl (C=O) groups is 6. The van der Waals surface area contributed by atoms with Crippen LogP contribution in [0.2, 0.25) is 0 Å². The third-order valence-electron chi connectivity index (χ3n) is 12.6. The number of fused-ring (bicyclic) bond motifs is 4. The van der Waals surface area contributed by atoms with Crippen LogP contribution in [0.1, 0.15) is 116 Å². The zero-order valence-corrected chi connectivity index (χ0v) is 48.7. The molecule has 14 nitrogen and oxygen atoms in total. The molecule has 0 aliphatic carbocycles.